The van der Waals surface area contributed by atoms with Crippen LogP contribution in [0.1, 0.15) is 78.7 Å². The van der Waals surface area contributed by atoms with Gasteiger partial charge >= 0.3 is 0 Å². The van der Waals surface area contributed by atoms with Gasteiger partial charge in [-0.3, -0.25) is 9.59 Å². The zero-order valence-corrected chi connectivity index (χ0v) is 19.2. The van der Waals surface area contributed by atoms with Crippen LogP contribution in [0.2, 0.25) is 0 Å². The maximum absolute atomic E-state index is 13.1. The molecule has 1 aliphatic heterocycles. The van der Waals surface area contributed by atoms with Gasteiger partial charge < -0.3 is 19.5 Å². The average molecular weight is 421 g/mol. The molecule has 0 bridgehead atoms. The first-order valence-electron chi connectivity index (χ1n) is 11.7. The molecule has 3 rings (SSSR count). The predicted octanol–water partition coefficient (Wildman–Crippen LogP) is 3.56. The van der Waals surface area contributed by atoms with Gasteiger partial charge in [-0.15, -0.1) is 0 Å². The third-order valence-electron chi connectivity index (χ3n) is 6.14. The van der Waals surface area contributed by atoms with Crippen LogP contribution < -0.4 is 5.32 Å². The van der Waals surface area contributed by atoms with Crippen LogP contribution in [0.4, 0.5) is 0 Å². The number of aromatic nitrogens is 2. The minimum absolute atomic E-state index is 0.0320. The SMILES string of the molecule is CC.CC(=O)NC(C(=O)N1CCC(n2ccnc2)CC1)C(C)OCC1CCCCC1. The number of hydrogen-bond acceptors (Lipinski definition) is 4. The van der Waals surface area contributed by atoms with Gasteiger partial charge in [-0.1, -0.05) is 33.1 Å². The van der Waals surface area contributed by atoms with Gasteiger partial charge in [-0.2, -0.15) is 0 Å². The first kappa shape index (κ1) is 24.4. The molecule has 0 aromatic carbocycles. The van der Waals surface area contributed by atoms with E-state index in [4.69, 9.17) is 4.74 Å². The molecule has 30 heavy (non-hydrogen) atoms. The summed E-state index contributed by atoms with van der Waals surface area (Å²) in [5.74, 6) is 0.352. The topological polar surface area (TPSA) is 76.5 Å². The van der Waals surface area contributed by atoms with Crippen molar-refractivity contribution in [2.24, 2.45) is 5.92 Å². The molecule has 0 spiro atoms. The summed E-state index contributed by atoms with van der Waals surface area (Å²) in [5.41, 5.74) is 0. The number of nitrogens with one attached hydrogen (secondary N) is 1. The van der Waals surface area contributed by atoms with E-state index >= 15 is 0 Å². The summed E-state index contributed by atoms with van der Waals surface area (Å²) in [4.78, 5) is 30.8. The van der Waals surface area contributed by atoms with Crippen LogP contribution in [-0.4, -0.2) is 58.1 Å². The Bertz CT molecular complexity index is 620. The van der Waals surface area contributed by atoms with Crippen LogP contribution in [0.15, 0.2) is 18.7 Å². The highest BCUT2D eigenvalue weighted by molar-refractivity contribution is 5.87. The molecule has 1 aromatic heterocycles. The number of nitrogens with zero attached hydrogens (tertiary/aromatic N) is 3. The molecule has 1 saturated carbocycles. The van der Waals surface area contributed by atoms with Crippen molar-refractivity contribution in [3.63, 3.8) is 0 Å². The lowest BCUT2D eigenvalue weighted by Gasteiger charge is -2.36. The molecule has 1 aliphatic carbocycles. The average Bonchev–Trinajstić information content (AvgIpc) is 3.32. The Morgan fingerprint density at radius 3 is 2.37 bits per heavy atom. The van der Waals surface area contributed by atoms with Crippen molar-refractivity contribution in [1.82, 2.24) is 19.8 Å². The van der Waals surface area contributed by atoms with Crippen molar-refractivity contribution in [2.45, 2.75) is 90.8 Å². The van der Waals surface area contributed by atoms with Gasteiger partial charge in [-0.05, 0) is 38.5 Å². The van der Waals surface area contributed by atoms with Crippen molar-refractivity contribution in [2.75, 3.05) is 19.7 Å². The van der Waals surface area contributed by atoms with Crippen LogP contribution in [0.5, 0.6) is 0 Å². The molecule has 2 heterocycles. The predicted molar refractivity (Wildman–Crippen MR) is 118 cm³/mol. The van der Waals surface area contributed by atoms with E-state index in [0.29, 0.717) is 31.7 Å². The third-order valence-corrected chi connectivity index (χ3v) is 6.14. The molecule has 1 aromatic rings. The van der Waals surface area contributed by atoms with Crippen molar-refractivity contribution in [3.05, 3.63) is 18.7 Å². The first-order chi connectivity index (χ1) is 14.5. The Labute approximate surface area is 181 Å². The van der Waals surface area contributed by atoms with Crippen LogP contribution >= 0.6 is 0 Å². The number of amides is 2. The molecule has 2 atom stereocenters. The standard InChI is InChI=1S/C21H34N4O3.C2H6/c1-16(28-14-18-6-4-3-5-7-18)20(23-17(2)26)21(27)24-11-8-19(9-12-24)25-13-10-22-15-25;1-2/h10,13,15-16,18-20H,3-9,11-12,14H2,1-2H3,(H,23,26);1-2H3. The molecular weight excluding hydrogens is 380 g/mol. The number of likely N-dealkylation sites (tertiary alicyclic amines) is 1. The van der Waals surface area contributed by atoms with E-state index in [-0.39, 0.29) is 17.9 Å². The molecule has 1 N–H and O–H groups in total. The zero-order chi connectivity index (χ0) is 21.9. The Kier molecular flexibility index (Phi) is 10.3. The van der Waals surface area contributed by atoms with Crippen molar-refractivity contribution in [3.8, 4) is 0 Å². The highest BCUT2D eigenvalue weighted by atomic mass is 16.5. The fourth-order valence-electron chi connectivity index (χ4n) is 4.40. The zero-order valence-electron chi connectivity index (χ0n) is 19.2. The van der Waals surface area contributed by atoms with Crippen LogP contribution in [0, 0.1) is 5.92 Å². The van der Waals surface area contributed by atoms with E-state index in [9.17, 15) is 9.59 Å². The van der Waals surface area contributed by atoms with Gasteiger partial charge in [0.25, 0.3) is 0 Å². The molecule has 2 fully saturated rings. The number of imidazole rings is 1. The molecule has 170 valence electrons. The quantitative estimate of drug-likeness (QED) is 0.732. The van der Waals surface area contributed by atoms with Crippen molar-refractivity contribution in [1.29, 1.82) is 0 Å². The second-order valence-electron chi connectivity index (χ2n) is 8.29. The normalized spacial score (nSPS) is 20.1. The summed E-state index contributed by atoms with van der Waals surface area (Å²) in [7, 11) is 0. The Balaban J connectivity index is 0.00000155. The minimum Gasteiger partial charge on any atom is -0.376 e. The Morgan fingerprint density at radius 1 is 1.13 bits per heavy atom. The lowest BCUT2D eigenvalue weighted by molar-refractivity contribution is -0.142. The van der Waals surface area contributed by atoms with Crippen LogP contribution in [0.3, 0.4) is 0 Å². The van der Waals surface area contributed by atoms with Gasteiger partial charge in [0.2, 0.25) is 11.8 Å². The second-order valence-corrected chi connectivity index (χ2v) is 8.29. The third kappa shape index (κ3) is 7.11. The highest BCUT2D eigenvalue weighted by Gasteiger charge is 2.33. The van der Waals surface area contributed by atoms with Gasteiger partial charge in [0.15, 0.2) is 0 Å². The maximum atomic E-state index is 13.1. The Hall–Kier alpha value is -1.89. The summed E-state index contributed by atoms with van der Waals surface area (Å²) >= 11 is 0. The molecule has 7 nitrogen and oxygen atoms in total. The summed E-state index contributed by atoms with van der Waals surface area (Å²) in [6.07, 6.45) is 13.3. The lowest BCUT2D eigenvalue weighted by Crippen LogP contribution is -2.55. The molecular formula is C23H40N4O3. The lowest BCUT2D eigenvalue weighted by atomic mass is 9.90. The fraction of sp³-hybridized carbons (Fsp3) is 0.783. The monoisotopic (exact) mass is 420 g/mol. The molecule has 7 heteroatoms. The highest BCUT2D eigenvalue weighted by Crippen LogP contribution is 2.25. The summed E-state index contributed by atoms with van der Waals surface area (Å²) in [6.45, 7) is 9.41. The number of hydrogen-bond donors (Lipinski definition) is 1. The van der Waals surface area contributed by atoms with Gasteiger partial charge in [-0.25, -0.2) is 4.98 Å². The number of ether oxygens (including phenoxy) is 1. The van der Waals surface area contributed by atoms with E-state index in [1.807, 2.05) is 38.2 Å². The first-order valence-corrected chi connectivity index (χ1v) is 11.7. The number of carbonyl (C=O) groups excluding carboxylic acids is 2. The van der Waals surface area contributed by atoms with E-state index in [1.54, 1.807) is 6.20 Å². The van der Waals surface area contributed by atoms with E-state index < -0.39 is 6.04 Å². The minimum atomic E-state index is -0.620. The fourth-order valence-corrected chi connectivity index (χ4v) is 4.40. The van der Waals surface area contributed by atoms with Gasteiger partial charge in [0.05, 0.1) is 12.4 Å². The van der Waals surface area contributed by atoms with Crippen LogP contribution in [0.25, 0.3) is 0 Å². The summed E-state index contributed by atoms with van der Waals surface area (Å²) < 4.78 is 8.18. The van der Waals surface area contributed by atoms with E-state index in [1.165, 1.54) is 39.0 Å². The summed E-state index contributed by atoms with van der Waals surface area (Å²) in [5, 5.41) is 2.83. The molecule has 2 unspecified atom stereocenters. The Morgan fingerprint density at radius 2 is 1.80 bits per heavy atom. The van der Waals surface area contributed by atoms with Gasteiger partial charge in [0, 0.05) is 45.1 Å². The molecule has 2 amide bonds. The van der Waals surface area contributed by atoms with E-state index in [0.717, 1.165) is 12.8 Å². The van der Waals surface area contributed by atoms with Crippen molar-refractivity contribution >= 4 is 11.8 Å². The summed E-state index contributed by atoms with van der Waals surface area (Å²) in [6, 6.07) is -0.239. The number of carbonyl (C=O) groups is 2. The second kappa shape index (κ2) is 12.7. The number of piperidine rings is 1. The largest absolute Gasteiger partial charge is 0.376 e. The van der Waals surface area contributed by atoms with E-state index in [2.05, 4.69) is 14.9 Å². The molecule has 2 aliphatic rings. The van der Waals surface area contributed by atoms with Crippen LogP contribution in [-0.2, 0) is 14.3 Å². The van der Waals surface area contributed by atoms with Crippen molar-refractivity contribution < 1.29 is 14.3 Å². The van der Waals surface area contributed by atoms with Gasteiger partial charge in [0.1, 0.15) is 6.04 Å². The number of rotatable bonds is 7. The molecule has 0 radical (unpaired) electrons. The maximum Gasteiger partial charge on any atom is 0.247 e. The smallest absolute Gasteiger partial charge is 0.247 e. The molecule has 1 saturated heterocycles.